The summed E-state index contributed by atoms with van der Waals surface area (Å²) < 4.78 is 11.5. The molecule has 150 valence electrons. The second-order valence-electron chi connectivity index (χ2n) is 7.29. The largest absolute Gasteiger partial charge is 0.487 e. The quantitative estimate of drug-likeness (QED) is 0.630. The van der Waals surface area contributed by atoms with Crippen molar-refractivity contribution < 1.29 is 13.9 Å². The van der Waals surface area contributed by atoms with Crippen LogP contribution < -0.4 is 4.74 Å². The fourth-order valence-electron chi connectivity index (χ4n) is 3.08. The van der Waals surface area contributed by atoms with Crippen molar-refractivity contribution in [1.82, 2.24) is 20.0 Å². The van der Waals surface area contributed by atoms with Crippen LogP contribution >= 0.6 is 12.6 Å². The normalized spacial score (nSPS) is 14.1. The molecule has 0 N–H and O–H groups in total. The number of carbonyl (C=O) groups is 1. The molecule has 0 atom stereocenters. The highest BCUT2D eigenvalue weighted by Crippen LogP contribution is 2.23. The van der Waals surface area contributed by atoms with Gasteiger partial charge in [0.2, 0.25) is 5.89 Å². The van der Waals surface area contributed by atoms with Gasteiger partial charge in [-0.2, -0.15) is 0 Å². The second-order valence-corrected chi connectivity index (χ2v) is 7.81. The number of likely N-dealkylation sites (tertiary alicyclic amines) is 1. The minimum Gasteiger partial charge on any atom is -0.487 e. The molecule has 0 bridgehead atoms. The van der Waals surface area contributed by atoms with Crippen molar-refractivity contribution in [2.75, 3.05) is 27.2 Å². The van der Waals surface area contributed by atoms with E-state index in [1.807, 2.05) is 50.5 Å². The molecule has 3 aromatic rings. The summed E-state index contributed by atoms with van der Waals surface area (Å²) in [6.07, 6.45) is -0.0380. The number of ether oxygens (including phenoxy) is 1. The third-order valence-corrected chi connectivity index (χ3v) is 4.88. The van der Waals surface area contributed by atoms with Crippen LogP contribution in [0.4, 0.5) is 0 Å². The van der Waals surface area contributed by atoms with Gasteiger partial charge >= 0.3 is 11.8 Å². The molecule has 0 spiro atoms. The zero-order valence-corrected chi connectivity index (χ0v) is 17.2. The van der Waals surface area contributed by atoms with Crippen molar-refractivity contribution in [3.63, 3.8) is 0 Å². The maximum Gasteiger partial charge on any atom is 0.311 e. The molecule has 1 aromatic heterocycles. The van der Waals surface area contributed by atoms with Gasteiger partial charge in [-0.05, 0) is 56.1 Å². The maximum atomic E-state index is 12.5. The fraction of sp³-hybridized carbons (Fsp3) is 0.286. The molecular weight excluding hydrogens is 388 g/mol. The van der Waals surface area contributed by atoms with Crippen LogP contribution in [0.2, 0.25) is 0 Å². The van der Waals surface area contributed by atoms with E-state index in [1.54, 1.807) is 4.90 Å². The lowest BCUT2D eigenvalue weighted by atomic mass is 10.1. The van der Waals surface area contributed by atoms with E-state index in [9.17, 15) is 4.79 Å². The van der Waals surface area contributed by atoms with Gasteiger partial charge < -0.3 is 19.0 Å². The topological polar surface area (TPSA) is 71.7 Å². The molecule has 1 amide bonds. The Labute approximate surface area is 174 Å². The number of hydrogen-bond acceptors (Lipinski definition) is 7. The zero-order chi connectivity index (χ0) is 20.4. The summed E-state index contributed by atoms with van der Waals surface area (Å²) in [4.78, 5) is 17.1. The average Bonchev–Trinajstić information content (AvgIpc) is 3.15. The number of rotatable bonds is 6. The summed E-state index contributed by atoms with van der Waals surface area (Å²) in [6, 6.07) is 15.3. The van der Waals surface area contributed by atoms with Crippen LogP contribution in [0, 0.1) is 0 Å². The first-order chi connectivity index (χ1) is 14.0. The molecule has 4 rings (SSSR count). The first kappa shape index (κ1) is 19.5. The maximum absolute atomic E-state index is 12.5. The Kier molecular flexibility index (Phi) is 5.55. The Morgan fingerprint density at radius 1 is 1.14 bits per heavy atom. The summed E-state index contributed by atoms with van der Waals surface area (Å²) in [5.74, 6) is 0.822. The number of benzene rings is 2. The Bertz CT molecular complexity index is 980. The van der Waals surface area contributed by atoms with Crippen molar-refractivity contribution in [2.24, 2.45) is 0 Å². The van der Waals surface area contributed by atoms with E-state index in [1.165, 1.54) is 5.56 Å². The minimum absolute atomic E-state index is 0.0126. The summed E-state index contributed by atoms with van der Waals surface area (Å²) in [7, 11) is 4.07. The Morgan fingerprint density at radius 2 is 1.83 bits per heavy atom. The van der Waals surface area contributed by atoms with Crippen LogP contribution in [0.3, 0.4) is 0 Å². The number of thiol groups is 1. The van der Waals surface area contributed by atoms with Crippen molar-refractivity contribution >= 4 is 18.5 Å². The molecule has 2 heterocycles. The van der Waals surface area contributed by atoms with Crippen molar-refractivity contribution in [1.29, 1.82) is 0 Å². The van der Waals surface area contributed by atoms with E-state index in [0.29, 0.717) is 19.0 Å². The number of hydrogen-bond donors (Lipinski definition) is 1. The second kappa shape index (κ2) is 8.26. The van der Waals surface area contributed by atoms with Gasteiger partial charge in [-0.1, -0.05) is 12.1 Å². The number of carbonyl (C=O) groups excluding carboxylic acids is 1. The van der Waals surface area contributed by atoms with E-state index >= 15 is 0 Å². The molecule has 0 aliphatic carbocycles. The van der Waals surface area contributed by atoms with E-state index in [2.05, 4.69) is 39.9 Å². The predicted molar refractivity (Wildman–Crippen MR) is 111 cm³/mol. The Morgan fingerprint density at radius 3 is 2.48 bits per heavy atom. The van der Waals surface area contributed by atoms with Crippen LogP contribution in [-0.4, -0.2) is 59.2 Å². The average molecular weight is 410 g/mol. The Hall–Kier alpha value is -2.84. The van der Waals surface area contributed by atoms with Crippen LogP contribution in [-0.2, 0) is 6.54 Å². The van der Waals surface area contributed by atoms with Gasteiger partial charge in [-0.3, -0.25) is 4.79 Å². The third kappa shape index (κ3) is 4.60. The molecule has 1 aliphatic rings. The van der Waals surface area contributed by atoms with E-state index < -0.39 is 0 Å². The molecule has 1 aliphatic heterocycles. The SMILES string of the molecule is CN(C)Cc1ccc(OC2CN(C(=O)c3nnc(-c4ccc(S)cc4)o3)C2)cc1. The highest BCUT2D eigenvalue weighted by molar-refractivity contribution is 7.80. The number of nitrogens with zero attached hydrogens (tertiary/aromatic N) is 4. The van der Waals surface area contributed by atoms with Crippen molar-refractivity contribution in [2.45, 2.75) is 17.5 Å². The van der Waals surface area contributed by atoms with Gasteiger partial charge in [0.15, 0.2) is 0 Å². The highest BCUT2D eigenvalue weighted by Gasteiger charge is 2.35. The molecule has 0 unspecified atom stereocenters. The lowest BCUT2D eigenvalue weighted by Crippen LogP contribution is -2.56. The van der Waals surface area contributed by atoms with Crippen molar-refractivity contribution in [3.8, 4) is 17.2 Å². The molecule has 1 saturated heterocycles. The van der Waals surface area contributed by atoms with Crippen LogP contribution in [0.1, 0.15) is 16.2 Å². The fourth-order valence-corrected chi connectivity index (χ4v) is 3.22. The van der Waals surface area contributed by atoms with E-state index in [-0.39, 0.29) is 17.9 Å². The zero-order valence-electron chi connectivity index (χ0n) is 16.3. The first-order valence-corrected chi connectivity index (χ1v) is 9.75. The molecule has 29 heavy (non-hydrogen) atoms. The predicted octanol–water partition coefficient (Wildman–Crippen LogP) is 2.99. The number of aromatic nitrogens is 2. The lowest BCUT2D eigenvalue weighted by molar-refractivity contribution is 0.0150. The van der Waals surface area contributed by atoms with Crippen LogP contribution in [0.5, 0.6) is 5.75 Å². The molecule has 2 aromatic carbocycles. The monoisotopic (exact) mass is 410 g/mol. The summed E-state index contributed by atoms with van der Waals surface area (Å²) in [5, 5.41) is 7.86. The van der Waals surface area contributed by atoms with E-state index in [4.69, 9.17) is 9.15 Å². The van der Waals surface area contributed by atoms with Gasteiger partial charge in [-0.25, -0.2) is 0 Å². The van der Waals surface area contributed by atoms with Gasteiger partial charge in [-0.15, -0.1) is 22.8 Å². The third-order valence-electron chi connectivity index (χ3n) is 4.58. The van der Waals surface area contributed by atoms with Gasteiger partial charge in [0.05, 0.1) is 13.1 Å². The smallest absolute Gasteiger partial charge is 0.311 e. The summed E-state index contributed by atoms with van der Waals surface area (Å²) in [5.41, 5.74) is 1.97. The summed E-state index contributed by atoms with van der Waals surface area (Å²) in [6.45, 7) is 1.87. The highest BCUT2D eigenvalue weighted by atomic mass is 32.1. The number of amides is 1. The van der Waals surface area contributed by atoms with Crippen LogP contribution in [0.25, 0.3) is 11.5 Å². The molecule has 0 radical (unpaired) electrons. The van der Waals surface area contributed by atoms with Gasteiger partial charge in [0.25, 0.3) is 0 Å². The minimum atomic E-state index is -0.282. The summed E-state index contributed by atoms with van der Waals surface area (Å²) >= 11 is 4.25. The molecule has 7 nitrogen and oxygen atoms in total. The van der Waals surface area contributed by atoms with Crippen molar-refractivity contribution in [3.05, 3.63) is 60.0 Å². The van der Waals surface area contributed by atoms with Gasteiger partial charge in [0, 0.05) is 17.0 Å². The van der Waals surface area contributed by atoms with Gasteiger partial charge in [0.1, 0.15) is 11.9 Å². The molecular formula is C21H22N4O3S. The Balaban J connectivity index is 1.31. The van der Waals surface area contributed by atoms with E-state index in [0.717, 1.165) is 22.8 Å². The molecule has 1 fully saturated rings. The van der Waals surface area contributed by atoms with Crippen LogP contribution in [0.15, 0.2) is 57.8 Å². The lowest BCUT2D eigenvalue weighted by Gasteiger charge is -2.38. The first-order valence-electron chi connectivity index (χ1n) is 9.30. The molecule has 0 saturated carbocycles. The standard InChI is InChI=1S/C21H22N4O3S/c1-24(2)11-14-3-7-16(8-4-14)27-17-12-25(13-17)21(26)20-23-22-19(28-20)15-5-9-18(29)10-6-15/h3-10,17,29H,11-13H2,1-2H3. The molecule has 8 heteroatoms.